The minimum Gasteiger partial charge on any atom is -0.253 e. The van der Waals surface area contributed by atoms with Gasteiger partial charge in [0.1, 0.15) is 6.34 Å². The molecule has 2 aromatic rings. The molecule has 0 amide bonds. The maximum Gasteiger partial charge on any atom is 0.115 e. The average Bonchev–Trinajstić information content (AvgIpc) is 2.45. The Bertz CT molecular complexity index is 794. The van der Waals surface area contributed by atoms with Crippen molar-refractivity contribution in [2.45, 2.75) is 20.8 Å². The van der Waals surface area contributed by atoms with Crippen molar-refractivity contribution in [2.24, 2.45) is 20.0 Å². The molecule has 0 aromatic heterocycles. The van der Waals surface area contributed by atoms with Crippen molar-refractivity contribution in [3.63, 3.8) is 0 Å². The molecule has 4 nitrogen and oxygen atoms in total. The molecule has 0 saturated carbocycles. The summed E-state index contributed by atoms with van der Waals surface area (Å²) >= 11 is 0. The minimum absolute atomic E-state index is 0.872. The third-order valence-electron chi connectivity index (χ3n) is 3.41. The first-order chi connectivity index (χ1) is 10.1. The van der Waals surface area contributed by atoms with Crippen molar-refractivity contribution in [1.82, 2.24) is 0 Å². The van der Waals surface area contributed by atoms with E-state index >= 15 is 0 Å². The zero-order chi connectivity index (χ0) is 15.4. The molecule has 0 atom stereocenters. The Kier molecular flexibility index (Phi) is 4.41. The van der Waals surface area contributed by atoms with Crippen molar-refractivity contribution in [3.05, 3.63) is 34.9 Å². The van der Waals surface area contributed by atoms with Gasteiger partial charge in [-0.15, -0.1) is 0 Å². The molecule has 2 aromatic carbocycles. The van der Waals surface area contributed by atoms with E-state index < -0.39 is 0 Å². The van der Waals surface area contributed by atoms with E-state index in [2.05, 4.69) is 57.8 Å². The van der Waals surface area contributed by atoms with E-state index in [1.54, 1.807) is 7.05 Å². The van der Waals surface area contributed by atoms with Crippen LogP contribution in [-0.2, 0) is 0 Å². The lowest BCUT2D eigenvalue weighted by molar-refractivity contribution is 1.35. The van der Waals surface area contributed by atoms with Crippen LogP contribution in [-0.4, -0.2) is 26.1 Å². The number of hydrogen-bond donors (Lipinski definition) is 0. The molecule has 0 heterocycles. The Morgan fingerprint density at radius 1 is 1.10 bits per heavy atom. The molecule has 0 aliphatic rings. The van der Waals surface area contributed by atoms with Crippen LogP contribution in [0.15, 0.2) is 38.2 Å². The van der Waals surface area contributed by atoms with Gasteiger partial charge in [0, 0.05) is 7.05 Å². The average molecular weight is 278 g/mol. The number of aliphatic imine (C=N–C) groups is 4. The van der Waals surface area contributed by atoms with E-state index in [1.165, 1.54) is 11.7 Å². The molecular weight excluding hydrogens is 260 g/mol. The first kappa shape index (κ1) is 14.8. The Balaban J connectivity index is 2.78. The topological polar surface area (TPSA) is 49.4 Å². The van der Waals surface area contributed by atoms with Crippen LogP contribution in [0.2, 0.25) is 0 Å². The fourth-order valence-electron chi connectivity index (χ4n) is 2.41. The van der Waals surface area contributed by atoms with E-state index in [0.29, 0.717) is 0 Å². The number of benzene rings is 2. The van der Waals surface area contributed by atoms with Crippen molar-refractivity contribution in [3.8, 4) is 0 Å². The van der Waals surface area contributed by atoms with E-state index in [-0.39, 0.29) is 0 Å². The Hall–Kier alpha value is -2.58. The zero-order valence-electron chi connectivity index (χ0n) is 12.8. The van der Waals surface area contributed by atoms with Gasteiger partial charge in [-0.05, 0) is 73.2 Å². The van der Waals surface area contributed by atoms with Gasteiger partial charge in [-0.1, -0.05) is 0 Å². The van der Waals surface area contributed by atoms with Crippen LogP contribution >= 0.6 is 0 Å². The standard InChI is InChI=1S/C17H18N4/c1-11-6-14-7-12(2)17(21-10-19-5)13(3)15(14)8-16(11)20-9-18-4/h6-8,10H,5H2,1-4H3. The molecule has 0 saturated heterocycles. The number of rotatable bonds is 3. The van der Waals surface area contributed by atoms with Crippen LogP contribution in [0.1, 0.15) is 16.7 Å². The lowest BCUT2D eigenvalue weighted by Crippen LogP contribution is -1.87. The second kappa shape index (κ2) is 6.25. The molecule has 0 fully saturated rings. The maximum absolute atomic E-state index is 4.37. The predicted molar refractivity (Wildman–Crippen MR) is 91.3 cm³/mol. The van der Waals surface area contributed by atoms with Crippen LogP contribution in [0, 0.1) is 20.8 Å². The number of aryl methyl sites for hydroxylation is 3. The first-order valence-electron chi connectivity index (χ1n) is 6.66. The van der Waals surface area contributed by atoms with Crippen LogP contribution in [0.25, 0.3) is 10.8 Å². The van der Waals surface area contributed by atoms with Gasteiger partial charge < -0.3 is 0 Å². The van der Waals surface area contributed by atoms with Gasteiger partial charge in [0.25, 0.3) is 0 Å². The Morgan fingerprint density at radius 2 is 1.81 bits per heavy atom. The van der Waals surface area contributed by atoms with Gasteiger partial charge in [0.05, 0.1) is 17.4 Å². The van der Waals surface area contributed by atoms with E-state index in [4.69, 9.17) is 0 Å². The molecule has 21 heavy (non-hydrogen) atoms. The van der Waals surface area contributed by atoms with Crippen molar-refractivity contribution >= 4 is 41.2 Å². The Morgan fingerprint density at radius 3 is 2.48 bits per heavy atom. The predicted octanol–water partition coefficient (Wildman–Crippen LogP) is 4.56. The number of hydrogen-bond acceptors (Lipinski definition) is 3. The van der Waals surface area contributed by atoms with Crippen LogP contribution < -0.4 is 0 Å². The lowest BCUT2D eigenvalue weighted by Gasteiger charge is -2.11. The molecule has 2 rings (SSSR count). The van der Waals surface area contributed by atoms with Crippen LogP contribution in [0.5, 0.6) is 0 Å². The zero-order valence-corrected chi connectivity index (χ0v) is 12.8. The molecule has 0 N–H and O–H groups in total. The molecule has 0 aliphatic heterocycles. The second-order valence-electron chi connectivity index (χ2n) is 4.89. The summed E-state index contributed by atoms with van der Waals surface area (Å²) in [6, 6.07) is 8.96. The summed E-state index contributed by atoms with van der Waals surface area (Å²) in [6.45, 7) is 9.57. The quantitative estimate of drug-likeness (QED) is 0.583. The largest absolute Gasteiger partial charge is 0.253 e. The summed E-state index contributed by atoms with van der Waals surface area (Å²) in [5, 5.41) is 2.31. The first-order valence-corrected chi connectivity index (χ1v) is 6.66. The smallest absolute Gasteiger partial charge is 0.115 e. The van der Waals surface area contributed by atoms with Crippen molar-refractivity contribution in [2.75, 3.05) is 7.05 Å². The van der Waals surface area contributed by atoms with Crippen molar-refractivity contribution < 1.29 is 0 Å². The highest BCUT2D eigenvalue weighted by Gasteiger charge is 2.09. The van der Waals surface area contributed by atoms with Gasteiger partial charge in [0.2, 0.25) is 0 Å². The second-order valence-corrected chi connectivity index (χ2v) is 4.89. The number of nitrogens with zero attached hydrogens (tertiary/aromatic N) is 4. The van der Waals surface area contributed by atoms with E-state index in [1.807, 2.05) is 13.8 Å². The number of fused-ring (bicyclic) bond motifs is 1. The van der Waals surface area contributed by atoms with Crippen molar-refractivity contribution in [1.29, 1.82) is 0 Å². The molecule has 0 bridgehead atoms. The maximum atomic E-state index is 4.37. The minimum atomic E-state index is 0.872. The van der Waals surface area contributed by atoms with Gasteiger partial charge in [-0.25, -0.2) is 9.98 Å². The third-order valence-corrected chi connectivity index (χ3v) is 3.41. The fourth-order valence-corrected chi connectivity index (χ4v) is 2.41. The third kappa shape index (κ3) is 2.96. The molecule has 4 heteroatoms. The summed E-state index contributed by atoms with van der Waals surface area (Å²) in [7, 11) is 1.66. The highest BCUT2D eigenvalue weighted by molar-refractivity contribution is 5.94. The molecule has 0 radical (unpaired) electrons. The van der Waals surface area contributed by atoms with Gasteiger partial charge in [0.15, 0.2) is 0 Å². The lowest BCUT2D eigenvalue weighted by atomic mass is 9.97. The highest BCUT2D eigenvalue weighted by atomic mass is 14.8. The molecule has 106 valence electrons. The molecule has 0 unspecified atom stereocenters. The summed E-state index contributed by atoms with van der Waals surface area (Å²) in [4.78, 5) is 16.1. The summed E-state index contributed by atoms with van der Waals surface area (Å²) < 4.78 is 0. The van der Waals surface area contributed by atoms with Gasteiger partial charge in [-0.2, -0.15) is 4.99 Å². The normalized spacial score (nSPS) is 10.7. The summed E-state index contributed by atoms with van der Waals surface area (Å²) in [6.07, 6.45) is 1.47. The van der Waals surface area contributed by atoms with Crippen LogP contribution in [0.4, 0.5) is 11.4 Å². The van der Waals surface area contributed by atoms with Gasteiger partial charge >= 0.3 is 0 Å². The van der Waals surface area contributed by atoms with E-state index in [0.717, 1.165) is 33.5 Å². The fraction of sp³-hybridized carbons (Fsp3) is 0.235. The molecule has 0 aliphatic carbocycles. The Labute approximate surface area is 124 Å². The van der Waals surface area contributed by atoms with E-state index in [9.17, 15) is 0 Å². The molecular formula is C17H18N4. The summed E-state index contributed by atoms with van der Waals surface area (Å²) in [5.74, 6) is 0. The summed E-state index contributed by atoms with van der Waals surface area (Å²) in [5.41, 5.74) is 5.12. The molecule has 0 spiro atoms. The van der Waals surface area contributed by atoms with Gasteiger partial charge in [-0.3, -0.25) is 4.99 Å². The highest BCUT2D eigenvalue weighted by Crippen LogP contribution is 2.34. The SMILES string of the molecule is C=NC=Nc1c(C)cc2cc(C)c(N=C=NC)cc2c1C. The van der Waals surface area contributed by atoms with Crippen LogP contribution in [0.3, 0.4) is 0 Å². The monoisotopic (exact) mass is 278 g/mol.